The van der Waals surface area contributed by atoms with Crippen molar-refractivity contribution in [2.24, 2.45) is 0 Å². The van der Waals surface area contributed by atoms with Crippen LogP contribution in [0.1, 0.15) is 45.1 Å². The van der Waals surface area contributed by atoms with Crippen LogP contribution in [-0.4, -0.2) is 69.3 Å². The molecule has 1 saturated heterocycles. The van der Waals surface area contributed by atoms with Gasteiger partial charge in [-0.2, -0.15) is 0 Å². The number of hydrogen-bond acceptors (Lipinski definition) is 6. The maximum atomic E-state index is 13.2. The number of rotatable bonds is 7. The molecular weight excluding hydrogens is 514 g/mol. The summed E-state index contributed by atoms with van der Waals surface area (Å²) in [6.07, 6.45) is 1.52. The number of benzene rings is 1. The van der Waals surface area contributed by atoms with Gasteiger partial charge in [0.1, 0.15) is 0 Å². The van der Waals surface area contributed by atoms with Crippen molar-refractivity contribution in [1.29, 1.82) is 0 Å². The zero-order valence-electron chi connectivity index (χ0n) is 18.9. The number of hydrogen-bond donors (Lipinski definition) is 1. The Morgan fingerprint density at radius 3 is 2.48 bits per heavy atom. The van der Waals surface area contributed by atoms with Crippen molar-refractivity contribution < 1.29 is 27.5 Å². The third-order valence-electron chi connectivity index (χ3n) is 5.92. The zero-order chi connectivity index (χ0) is 24.2. The second-order valence-electron chi connectivity index (χ2n) is 8.16. The number of anilines is 1. The molecule has 182 valence electrons. The predicted molar refractivity (Wildman–Crippen MR) is 127 cm³/mol. The number of fused-ring (bicyclic) bond motifs is 1. The number of likely N-dealkylation sites (tertiary alicyclic amines) is 1. The van der Waals surface area contributed by atoms with Crippen molar-refractivity contribution in [3.8, 4) is 0 Å². The summed E-state index contributed by atoms with van der Waals surface area (Å²) in [4.78, 5) is 39.8. The molecule has 3 amide bonds. The SMILES string of the molecule is CCOC(=O)N1CCC(NC(=O)CCS(=O)(=O)c2cc(Br)cc3c2N(C(=O)CC)CC3)CC1. The molecule has 3 rings (SSSR count). The smallest absolute Gasteiger partial charge is 0.409 e. The minimum atomic E-state index is -3.80. The minimum absolute atomic E-state index is 0.0849. The normalized spacial score (nSPS) is 16.5. The molecule has 0 bridgehead atoms. The molecular formula is C22H30BrN3O6S. The molecule has 1 aromatic rings. The molecule has 9 nitrogen and oxygen atoms in total. The monoisotopic (exact) mass is 543 g/mol. The lowest BCUT2D eigenvalue weighted by atomic mass is 10.1. The van der Waals surface area contributed by atoms with Gasteiger partial charge in [0, 0.05) is 43.0 Å². The molecule has 1 N–H and O–H groups in total. The lowest BCUT2D eigenvalue weighted by Crippen LogP contribution is -2.46. The van der Waals surface area contributed by atoms with E-state index in [1.165, 1.54) is 11.0 Å². The van der Waals surface area contributed by atoms with Crippen molar-refractivity contribution >= 4 is 49.4 Å². The first-order valence-electron chi connectivity index (χ1n) is 11.2. The third kappa shape index (κ3) is 6.06. The summed E-state index contributed by atoms with van der Waals surface area (Å²) in [7, 11) is -3.80. The van der Waals surface area contributed by atoms with E-state index < -0.39 is 9.84 Å². The topological polar surface area (TPSA) is 113 Å². The Bertz CT molecular complexity index is 1020. The van der Waals surface area contributed by atoms with E-state index in [9.17, 15) is 22.8 Å². The zero-order valence-corrected chi connectivity index (χ0v) is 21.3. The number of nitrogens with zero attached hydrogens (tertiary/aromatic N) is 2. The van der Waals surface area contributed by atoms with Crippen LogP contribution in [0, 0.1) is 0 Å². The van der Waals surface area contributed by atoms with E-state index >= 15 is 0 Å². The maximum Gasteiger partial charge on any atom is 0.409 e. The summed E-state index contributed by atoms with van der Waals surface area (Å²) < 4.78 is 32.0. The van der Waals surface area contributed by atoms with Crippen molar-refractivity contribution in [2.75, 3.05) is 36.9 Å². The lowest BCUT2D eigenvalue weighted by Gasteiger charge is -2.31. The summed E-state index contributed by atoms with van der Waals surface area (Å²) in [5.74, 6) is -0.821. The van der Waals surface area contributed by atoms with E-state index in [0.717, 1.165) is 5.56 Å². The van der Waals surface area contributed by atoms with Crippen LogP contribution in [0.4, 0.5) is 10.5 Å². The Balaban J connectivity index is 1.62. The quantitative estimate of drug-likeness (QED) is 0.565. The average Bonchev–Trinajstić information content (AvgIpc) is 3.21. The Morgan fingerprint density at radius 2 is 1.85 bits per heavy atom. The maximum absolute atomic E-state index is 13.2. The number of sulfone groups is 1. The molecule has 2 heterocycles. The summed E-state index contributed by atoms with van der Waals surface area (Å²) in [5, 5.41) is 2.88. The minimum Gasteiger partial charge on any atom is -0.450 e. The second kappa shape index (κ2) is 10.9. The van der Waals surface area contributed by atoms with Gasteiger partial charge >= 0.3 is 6.09 Å². The highest BCUT2D eigenvalue weighted by molar-refractivity contribution is 9.10. The molecule has 2 aliphatic heterocycles. The van der Waals surface area contributed by atoms with Crippen LogP contribution in [0.3, 0.4) is 0 Å². The molecule has 0 spiro atoms. The molecule has 1 aromatic carbocycles. The van der Waals surface area contributed by atoms with E-state index in [-0.39, 0.29) is 47.4 Å². The van der Waals surface area contributed by atoms with Crippen molar-refractivity contribution in [3.63, 3.8) is 0 Å². The van der Waals surface area contributed by atoms with Crippen molar-refractivity contribution in [2.45, 2.75) is 56.9 Å². The van der Waals surface area contributed by atoms with Crippen molar-refractivity contribution in [1.82, 2.24) is 10.2 Å². The molecule has 33 heavy (non-hydrogen) atoms. The van der Waals surface area contributed by atoms with Crippen molar-refractivity contribution in [3.05, 3.63) is 22.2 Å². The second-order valence-corrected chi connectivity index (χ2v) is 11.2. The van der Waals surface area contributed by atoms with Crippen LogP contribution >= 0.6 is 15.9 Å². The van der Waals surface area contributed by atoms with Crippen LogP contribution < -0.4 is 10.2 Å². The molecule has 0 aromatic heterocycles. The van der Waals surface area contributed by atoms with Gasteiger partial charge < -0.3 is 19.9 Å². The van der Waals surface area contributed by atoms with Gasteiger partial charge in [-0.1, -0.05) is 22.9 Å². The van der Waals surface area contributed by atoms with Gasteiger partial charge in [0.15, 0.2) is 9.84 Å². The Hall–Kier alpha value is -2.14. The van der Waals surface area contributed by atoms with Gasteiger partial charge in [0.05, 0.1) is 22.9 Å². The number of carbonyl (C=O) groups excluding carboxylic acids is 3. The molecule has 0 atom stereocenters. The molecule has 1 fully saturated rings. The standard InChI is InChI=1S/C22H30BrN3O6S/c1-3-20(28)26-11-5-15-13-16(23)14-18(21(15)26)33(30,31)12-8-19(27)24-17-6-9-25(10-7-17)22(29)32-4-2/h13-14,17H,3-12H2,1-2H3,(H,24,27). The summed E-state index contributed by atoms with van der Waals surface area (Å²) in [6, 6.07) is 3.24. The van der Waals surface area contributed by atoms with Gasteiger partial charge in [-0.15, -0.1) is 0 Å². The fourth-order valence-electron chi connectivity index (χ4n) is 4.20. The number of carbonyl (C=O) groups is 3. The molecule has 0 radical (unpaired) electrons. The summed E-state index contributed by atoms with van der Waals surface area (Å²) in [5.41, 5.74) is 1.25. The number of nitrogens with one attached hydrogen (secondary N) is 1. The first kappa shape index (κ1) is 25.5. The van der Waals surface area contributed by atoms with E-state index in [1.807, 2.05) is 6.07 Å². The fourth-order valence-corrected chi connectivity index (χ4v) is 6.38. The highest BCUT2D eigenvalue weighted by atomic mass is 79.9. The van der Waals surface area contributed by atoms with Gasteiger partial charge in [0.25, 0.3) is 0 Å². The van der Waals surface area contributed by atoms with Crippen LogP contribution in [-0.2, 0) is 30.6 Å². The fraction of sp³-hybridized carbons (Fsp3) is 0.591. The predicted octanol–water partition coefficient (Wildman–Crippen LogP) is 2.65. The molecule has 11 heteroatoms. The van der Waals surface area contributed by atoms with Crippen LogP contribution in [0.2, 0.25) is 0 Å². The van der Waals surface area contributed by atoms with E-state index in [1.54, 1.807) is 18.7 Å². The van der Waals surface area contributed by atoms with E-state index in [4.69, 9.17) is 4.74 Å². The van der Waals surface area contributed by atoms with Gasteiger partial charge in [-0.05, 0) is 43.9 Å². The van der Waals surface area contributed by atoms with Gasteiger partial charge in [-0.25, -0.2) is 13.2 Å². The van der Waals surface area contributed by atoms with Gasteiger partial charge in [-0.3, -0.25) is 9.59 Å². The third-order valence-corrected chi connectivity index (χ3v) is 8.10. The number of piperidine rings is 1. The highest BCUT2D eigenvalue weighted by Crippen LogP contribution is 2.38. The number of halogens is 1. The Kier molecular flexibility index (Phi) is 8.38. The number of amides is 3. The lowest BCUT2D eigenvalue weighted by molar-refractivity contribution is -0.121. The Morgan fingerprint density at radius 1 is 1.15 bits per heavy atom. The van der Waals surface area contributed by atoms with E-state index in [0.29, 0.717) is 55.7 Å². The average molecular weight is 544 g/mol. The molecule has 0 aliphatic carbocycles. The highest BCUT2D eigenvalue weighted by Gasteiger charge is 2.32. The Labute approximate surface area is 202 Å². The van der Waals surface area contributed by atoms with Crippen LogP contribution in [0.15, 0.2) is 21.5 Å². The van der Waals surface area contributed by atoms with Gasteiger partial charge in [0.2, 0.25) is 11.8 Å². The first-order chi connectivity index (χ1) is 15.7. The number of ether oxygens (including phenoxy) is 1. The molecule has 2 aliphatic rings. The molecule has 0 saturated carbocycles. The van der Waals surface area contributed by atoms with Crippen LogP contribution in [0.5, 0.6) is 0 Å². The largest absolute Gasteiger partial charge is 0.450 e. The van der Waals surface area contributed by atoms with Crippen LogP contribution in [0.25, 0.3) is 0 Å². The summed E-state index contributed by atoms with van der Waals surface area (Å²) in [6.45, 7) is 5.22. The summed E-state index contributed by atoms with van der Waals surface area (Å²) >= 11 is 3.37. The molecule has 0 unspecified atom stereocenters. The first-order valence-corrected chi connectivity index (χ1v) is 13.7. The van der Waals surface area contributed by atoms with E-state index in [2.05, 4.69) is 21.2 Å².